The first-order valence-electron chi connectivity index (χ1n) is 4.44. The van der Waals surface area contributed by atoms with Crippen LogP contribution in [0, 0.1) is 5.92 Å². The number of carboxylic acid groups (broad SMARTS) is 1. The van der Waals surface area contributed by atoms with Gasteiger partial charge in [-0.2, -0.15) is 0 Å². The fourth-order valence-electron chi connectivity index (χ4n) is 1.24. The van der Waals surface area contributed by atoms with Crippen LogP contribution in [0.25, 0.3) is 0 Å². The zero-order valence-corrected chi connectivity index (χ0v) is 8.49. The molecule has 70 valence electrons. The molecule has 0 spiro atoms. The molecule has 0 radical (unpaired) electrons. The first kappa shape index (κ1) is 9.90. The third-order valence-corrected chi connectivity index (χ3v) is 4.21. The van der Waals surface area contributed by atoms with Gasteiger partial charge in [0.15, 0.2) is 0 Å². The van der Waals surface area contributed by atoms with Gasteiger partial charge in [0.05, 0.1) is 0 Å². The van der Waals surface area contributed by atoms with Crippen molar-refractivity contribution in [3.8, 4) is 0 Å². The molecule has 1 aliphatic rings. The SMILES string of the molecule is CC(C)CSC1(C(=O)O)CCC1. The quantitative estimate of drug-likeness (QED) is 0.736. The fourth-order valence-corrected chi connectivity index (χ4v) is 2.60. The smallest absolute Gasteiger partial charge is 0.319 e. The maximum Gasteiger partial charge on any atom is 0.319 e. The summed E-state index contributed by atoms with van der Waals surface area (Å²) in [6.07, 6.45) is 2.80. The normalized spacial score (nSPS) is 20.6. The van der Waals surface area contributed by atoms with Gasteiger partial charge in [-0.25, -0.2) is 0 Å². The molecule has 0 heterocycles. The van der Waals surface area contributed by atoms with Gasteiger partial charge in [0.2, 0.25) is 0 Å². The highest BCUT2D eigenvalue weighted by atomic mass is 32.2. The summed E-state index contributed by atoms with van der Waals surface area (Å²) in [6, 6.07) is 0. The summed E-state index contributed by atoms with van der Waals surface area (Å²) in [5.41, 5.74) is 0. The predicted molar refractivity (Wildman–Crippen MR) is 51.5 cm³/mol. The van der Waals surface area contributed by atoms with Crippen molar-refractivity contribution in [1.82, 2.24) is 0 Å². The number of hydrogen-bond donors (Lipinski definition) is 1. The molecule has 12 heavy (non-hydrogen) atoms. The Morgan fingerprint density at radius 1 is 1.58 bits per heavy atom. The Morgan fingerprint density at radius 3 is 2.42 bits per heavy atom. The van der Waals surface area contributed by atoms with Crippen LogP contribution in [0.2, 0.25) is 0 Å². The summed E-state index contributed by atoms with van der Waals surface area (Å²) in [5, 5.41) is 8.98. The van der Waals surface area contributed by atoms with E-state index in [1.807, 2.05) is 0 Å². The molecule has 1 N–H and O–H groups in total. The minimum absolute atomic E-state index is 0.412. The number of carbonyl (C=O) groups is 1. The van der Waals surface area contributed by atoms with Crippen LogP contribution in [0.15, 0.2) is 0 Å². The minimum Gasteiger partial charge on any atom is -0.480 e. The first-order chi connectivity index (χ1) is 5.57. The van der Waals surface area contributed by atoms with Crippen molar-refractivity contribution >= 4 is 17.7 Å². The van der Waals surface area contributed by atoms with Crippen molar-refractivity contribution < 1.29 is 9.90 Å². The fraction of sp³-hybridized carbons (Fsp3) is 0.889. The maximum absolute atomic E-state index is 10.9. The highest BCUT2D eigenvalue weighted by Crippen LogP contribution is 2.44. The van der Waals surface area contributed by atoms with E-state index in [4.69, 9.17) is 5.11 Å². The third-order valence-electron chi connectivity index (χ3n) is 2.24. The van der Waals surface area contributed by atoms with Crippen molar-refractivity contribution in [2.45, 2.75) is 37.9 Å². The molecular weight excluding hydrogens is 172 g/mol. The molecule has 1 fully saturated rings. The highest BCUT2D eigenvalue weighted by Gasteiger charge is 2.44. The third kappa shape index (κ3) is 1.94. The van der Waals surface area contributed by atoms with Gasteiger partial charge in [-0.1, -0.05) is 13.8 Å². The van der Waals surface area contributed by atoms with Crippen LogP contribution < -0.4 is 0 Å². The standard InChI is InChI=1S/C9H16O2S/c1-7(2)6-12-9(8(10)11)4-3-5-9/h7H,3-6H2,1-2H3,(H,10,11). The zero-order chi connectivity index (χ0) is 9.19. The second kappa shape index (κ2) is 3.69. The van der Waals surface area contributed by atoms with Crippen LogP contribution in [-0.4, -0.2) is 21.6 Å². The number of thioether (sulfide) groups is 1. The van der Waals surface area contributed by atoms with Gasteiger partial charge < -0.3 is 5.11 Å². The van der Waals surface area contributed by atoms with E-state index >= 15 is 0 Å². The summed E-state index contributed by atoms with van der Waals surface area (Å²) >= 11 is 1.63. The van der Waals surface area contributed by atoms with Crippen LogP contribution in [0.4, 0.5) is 0 Å². The molecular formula is C9H16O2S. The Hall–Kier alpha value is -0.180. The minimum atomic E-state index is -0.612. The lowest BCUT2D eigenvalue weighted by atomic mass is 9.84. The largest absolute Gasteiger partial charge is 0.480 e. The van der Waals surface area contributed by atoms with E-state index in [-0.39, 0.29) is 0 Å². The Morgan fingerprint density at radius 2 is 2.17 bits per heavy atom. The summed E-state index contributed by atoms with van der Waals surface area (Å²) < 4.78 is -0.412. The first-order valence-corrected chi connectivity index (χ1v) is 5.43. The van der Waals surface area contributed by atoms with Gasteiger partial charge >= 0.3 is 5.97 Å². The Balaban J connectivity index is 2.40. The molecule has 0 atom stereocenters. The van der Waals surface area contributed by atoms with Crippen LogP contribution >= 0.6 is 11.8 Å². The molecule has 0 bridgehead atoms. The monoisotopic (exact) mass is 188 g/mol. The number of rotatable bonds is 4. The molecule has 2 nitrogen and oxygen atoms in total. The van der Waals surface area contributed by atoms with Crippen molar-refractivity contribution in [1.29, 1.82) is 0 Å². The van der Waals surface area contributed by atoms with Crippen LogP contribution in [0.3, 0.4) is 0 Å². The van der Waals surface area contributed by atoms with E-state index in [1.54, 1.807) is 11.8 Å². The molecule has 0 aliphatic heterocycles. The van der Waals surface area contributed by atoms with E-state index in [9.17, 15) is 4.79 Å². The van der Waals surface area contributed by atoms with Gasteiger partial charge in [0.1, 0.15) is 4.75 Å². The zero-order valence-electron chi connectivity index (χ0n) is 7.67. The number of carboxylic acids is 1. The maximum atomic E-state index is 10.9. The molecule has 0 unspecified atom stereocenters. The summed E-state index contributed by atoms with van der Waals surface area (Å²) in [5.74, 6) is 0.943. The van der Waals surface area contributed by atoms with Crippen LogP contribution in [0.5, 0.6) is 0 Å². The van der Waals surface area contributed by atoms with Gasteiger partial charge in [-0.3, -0.25) is 4.79 Å². The summed E-state index contributed by atoms with van der Waals surface area (Å²) in [7, 11) is 0. The van der Waals surface area contributed by atoms with E-state index in [0.717, 1.165) is 25.0 Å². The summed E-state index contributed by atoms with van der Waals surface area (Å²) in [6.45, 7) is 4.25. The average Bonchev–Trinajstić information content (AvgIpc) is 1.83. The Kier molecular flexibility index (Phi) is 3.04. The molecule has 3 heteroatoms. The second-order valence-corrected chi connectivity index (χ2v) is 5.26. The number of hydrogen-bond acceptors (Lipinski definition) is 2. The van der Waals surface area contributed by atoms with E-state index in [0.29, 0.717) is 5.92 Å². The molecule has 0 amide bonds. The van der Waals surface area contributed by atoms with Gasteiger partial charge in [-0.15, -0.1) is 11.8 Å². The predicted octanol–water partition coefficient (Wildman–Crippen LogP) is 2.38. The summed E-state index contributed by atoms with van der Waals surface area (Å²) in [4.78, 5) is 10.9. The van der Waals surface area contributed by atoms with Crippen LogP contribution in [-0.2, 0) is 4.79 Å². The van der Waals surface area contributed by atoms with Crippen molar-refractivity contribution in [3.63, 3.8) is 0 Å². The van der Waals surface area contributed by atoms with Crippen molar-refractivity contribution in [2.75, 3.05) is 5.75 Å². The highest BCUT2D eigenvalue weighted by molar-refractivity contribution is 8.01. The topological polar surface area (TPSA) is 37.3 Å². The van der Waals surface area contributed by atoms with Gasteiger partial charge in [0.25, 0.3) is 0 Å². The lowest BCUT2D eigenvalue weighted by Gasteiger charge is -2.37. The van der Waals surface area contributed by atoms with Crippen LogP contribution in [0.1, 0.15) is 33.1 Å². The van der Waals surface area contributed by atoms with E-state index in [1.165, 1.54) is 0 Å². The molecule has 1 saturated carbocycles. The average molecular weight is 188 g/mol. The molecule has 0 saturated heterocycles. The lowest BCUT2D eigenvalue weighted by molar-refractivity contribution is -0.142. The van der Waals surface area contributed by atoms with Crippen molar-refractivity contribution in [3.05, 3.63) is 0 Å². The molecule has 0 aromatic carbocycles. The van der Waals surface area contributed by atoms with E-state index in [2.05, 4.69) is 13.8 Å². The molecule has 1 rings (SSSR count). The number of aliphatic carboxylic acids is 1. The second-order valence-electron chi connectivity index (χ2n) is 3.86. The van der Waals surface area contributed by atoms with Gasteiger partial charge in [-0.05, 0) is 30.9 Å². The Labute approximate surface area is 77.7 Å². The molecule has 0 aromatic heterocycles. The van der Waals surface area contributed by atoms with E-state index < -0.39 is 10.7 Å². The van der Waals surface area contributed by atoms with Crippen molar-refractivity contribution in [2.24, 2.45) is 5.92 Å². The Bertz CT molecular complexity index is 173. The molecule has 0 aromatic rings. The molecule has 1 aliphatic carbocycles. The van der Waals surface area contributed by atoms with Gasteiger partial charge in [0, 0.05) is 0 Å². The lowest BCUT2D eigenvalue weighted by Crippen LogP contribution is -2.42.